The lowest BCUT2D eigenvalue weighted by atomic mass is 9.89. The van der Waals surface area contributed by atoms with Gasteiger partial charge in [0.2, 0.25) is 0 Å². The SMILES string of the molecule is N[C@@H]1CCCC[C@H]1NC1CCCN(c2ccc(C(F)(F)F)c(F)c2)C1.O=C(O)C(F)(F)F.O=C(O)C(F)(F)F. The zero-order chi connectivity index (χ0) is 30.2. The van der Waals surface area contributed by atoms with E-state index >= 15 is 0 Å². The van der Waals surface area contributed by atoms with Crippen LogP contribution >= 0.6 is 0 Å². The zero-order valence-corrected chi connectivity index (χ0v) is 20.1. The Labute approximate surface area is 215 Å². The fraction of sp³-hybridized carbons (Fsp3) is 0.636. The van der Waals surface area contributed by atoms with Crippen LogP contribution in [0.4, 0.5) is 49.6 Å². The highest BCUT2D eigenvalue weighted by Gasteiger charge is 2.39. The van der Waals surface area contributed by atoms with Crippen LogP contribution in [0.15, 0.2) is 18.2 Å². The molecule has 0 amide bonds. The normalized spacial score (nSPS) is 22.1. The van der Waals surface area contributed by atoms with Crippen molar-refractivity contribution in [3.63, 3.8) is 0 Å². The number of piperidine rings is 1. The van der Waals surface area contributed by atoms with Crippen LogP contribution in [0.1, 0.15) is 44.1 Å². The van der Waals surface area contributed by atoms with Crippen LogP contribution < -0.4 is 16.0 Å². The second-order valence-electron chi connectivity index (χ2n) is 8.77. The Bertz CT molecular complexity index is 929. The number of carbonyl (C=O) groups is 2. The van der Waals surface area contributed by atoms with E-state index in [9.17, 15) is 43.9 Å². The van der Waals surface area contributed by atoms with Gasteiger partial charge in [-0.25, -0.2) is 14.0 Å². The van der Waals surface area contributed by atoms with E-state index < -0.39 is 41.8 Å². The summed E-state index contributed by atoms with van der Waals surface area (Å²) < 4.78 is 115. The first kappa shape index (κ1) is 34.2. The molecule has 1 heterocycles. The number of anilines is 1. The van der Waals surface area contributed by atoms with Gasteiger partial charge in [-0.05, 0) is 43.9 Å². The van der Waals surface area contributed by atoms with Crippen LogP contribution in [-0.4, -0.2) is 65.7 Å². The predicted octanol–water partition coefficient (Wildman–Crippen LogP) is 4.94. The number of carboxylic acid groups (broad SMARTS) is 2. The Kier molecular flexibility index (Phi) is 12.3. The third-order valence-corrected chi connectivity index (χ3v) is 5.80. The summed E-state index contributed by atoms with van der Waals surface area (Å²) in [6, 6.07) is 3.88. The number of hydrogen-bond donors (Lipinski definition) is 4. The van der Waals surface area contributed by atoms with Crippen molar-refractivity contribution in [1.82, 2.24) is 5.32 Å². The van der Waals surface area contributed by atoms with E-state index in [4.69, 9.17) is 25.5 Å². The Morgan fingerprint density at radius 3 is 1.82 bits per heavy atom. The van der Waals surface area contributed by atoms with Crippen LogP contribution in [0.5, 0.6) is 0 Å². The molecule has 7 nitrogen and oxygen atoms in total. The highest BCUT2D eigenvalue weighted by atomic mass is 19.4. The summed E-state index contributed by atoms with van der Waals surface area (Å²) in [5.41, 5.74) is 5.48. The highest BCUT2D eigenvalue weighted by Crippen LogP contribution is 2.33. The van der Waals surface area contributed by atoms with Crippen LogP contribution in [0.2, 0.25) is 0 Å². The van der Waals surface area contributed by atoms with Gasteiger partial charge in [0.25, 0.3) is 0 Å². The van der Waals surface area contributed by atoms with Crippen molar-refractivity contribution in [1.29, 1.82) is 0 Å². The second-order valence-corrected chi connectivity index (χ2v) is 8.77. The van der Waals surface area contributed by atoms with E-state index in [0.29, 0.717) is 18.3 Å². The van der Waals surface area contributed by atoms with Crippen LogP contribution in [0.25, 0.3) is 0 Å². The number of halogens is 10. The van der Waals surface area contributed by atoms with Gasteiger partial charge in [0.1, 0.15) is 5.82 Å². The summed E-state index contributed by atoms with van der Waals surface area (Å²) in [5.74, 6) is -6.73. The number of aliphatic carboxylic acids is 2. The van der Waals surface area contributed by atoms with Crippen LogP contribution in [0, 0.1) is 5.82 Å². The van der Waals surface area contributed by atoms with Crippen molar-refractivity contribution >= 4 is 17.6 Å². The van der Waals surface area contributed by atoms with E-state index in [-0.39, 0.29) is 12.1 Å². The molecule has 0 radical (unpaired) electrons. The first-order valence-corrected chi connectivity index (χ1v) is 11.5. The van der Waals surface area contributed by atoms with Crippen molar-refractivity contribution < 1.29 is 63.7 Å². The van der Waals surface area contributed by atoms with Crippen molar-refractivity contribution in [3.8, 4) is 0 Å². The number of nitrogens with one attached hydrogen (secondary N) is 1. The quantitative estimate of drug-likeness (QED) is 0.371. The predicted molar refractivity (Wildman–Crippen MR) is 117 cm³/mol. The van der Waals surface area contributed by atoms with E-state index in [1.807, 2.05) is 4.90 Å². The van der Waals surface area contributed by atoms with Gasteiger partial charge in [0.05, 0.1) is 5.56 Å². The lowest BCUT2D eigenvalue weighted by molar-refractivity contribution is -0.193. The molecule has 2 aliphatic rings. The molecule has 3 atom stereocenters. The average Bonchev–Trinajstić information content (AvgIpc) is 2.79. The van der Waals surface area contributed by atoms with Crippen LogP contribution in [0.3, 0.4) is 0 Å². The molecule has 224 valence electrons. The largest absolute Gasteiger partial charge is 0.490 e. The highest BCUT2D eigenvalue weighted by molar-refractivity contribution is 5.73. The summed E-state index contributed by atoms with van der Waals surface area (Å²) in [4.78, 5) is 19.7. The van der Waals surface area contributed by atoms with E-state index in [2.05, 4.69) is 5.32 Å². The van der Waals surface area contributed by atoms with Crippen molar-refractivity contribution in [2.75, 3.05) is 18.0 Å². The Morgan fingerprint density at radius 1 is 0.872 bits per heavy atom. The van der Waals surface area contributed by atoms with Gasteiger partial charge in [0, 0.05) is 36.9 Å². The second kappa shape index (κ2) is 14.0. The molecule has 3 rings (SSSR count). The molecular weight excluding hydrogens is 560 g/mol. The number of alkyl halides is 9. The number of carboxylic acids is 2. The van der Waals surface area contributed by atoms with Crippen molar-refractivity contribution in [2.45, 2.75) is 75.2 Å². The maximum Gasteiger partial charge on any atom is 0.490 e. The molecule has 1 saturated heterocycles. The number of benzene rings is 1. The summed E-state index contributed by atoms with van der Waals surface area (Å²) in [5, 5.41) is 17.9. The van der Waals surface area contributed by atoms with E-state index in [1.54, 1.807) is 0 Å². The number of nitrogens with zero attached hydrogens (tertiary/aromatic N) is 1. The third kappa shape index (κ3) is 11.8. The number of rotatable bonds is 3. The molecule has 0 aromatic heterocycles. The molecule has 5 N–H and O–H groups in total. The third-order valence-electron chi connectivity index (χ3n) is 5.80. The summed E-state index contributed by atoms with van der Waals surface area (Å²) in [7, 11) is 0. The first-order chi connectivity index (χ1) is 17.7. The molecule has 1 aromatic rings. The van der Waals surface area contributed by atoms with Gasteiger partial charge >= 0.3 is 30.5 Å². The summed E-state index contributed by atoms with van der Waals surface area (Å²) in [6.07, 6.45) is -8.48. The fourth-order valence-electron chi connectivity index (χ4n) is 3.95. The maximum atomic E-state index is 13.8. The lowest BCUT2D eigenvalue weighted by Crippen LogP contribution is -2.55. The standard InChI is InChI=1S/C18H25F4N3.2C2HF3O2/c19-15-10-13(7-8-14(15)18(20,21)22)25-9-3-4-12(11-25)24-17-6-2-1-5-16(17)23;2*3-2(4,5)1(6)7/h7-8,10,12,16-17,24H,1-6,9,11,23H2;2*(H,6,7)/t12?,16-,17-;;/m1../s1. The Morgan fingerprint density at radius 2 is 1.38 bits per heavy atom. The summed E-state index contributed by atoms with van der Waals surface area (Å²) >= 11 is 0. The minimum absolute atomic E-state index is 0.160. The molecule has 0 bridgehead atoms. The number of hydrogen-bond acceptors (Lipinski definition) is 5. The molecule has 39 heavy (non-hydrogen) atoms. The van der Waals surface area contributed by atoms with Crippen molar-refractivity contribution in [2.24, 2.45) is 5.73 Å². The zero-order valence-electron chi connectivity index (χ0n) is 20.1. The molecule has 1 saturated carbocycles. The van der Waals surface area contributed by atoms with Gasteiger partial charge in [-0.1, -0.05) is 12.8 Å². The van der Waals surface area contributed by atoms with E-state index in [1.165, 1.54) is 18.9 Å². The first-order valence-electron chi connectivity index (χ1n) is 11.5. The van der Waals surface area contributed by atoms with Gasteiger partial charge in [0.15, 0.2) is 0 Å². The topological polar surface area (TPSA) is 116 Å². The minimum atomic E-state index is -5.08. The van der Waals surface area contributed by atoms with Gasteiger partial charge < -0.3 is 26.2 Å². The molecular formula is C22H27F10N3O4. The minimum Gasteiger partial charge on any atom is -0.475 e. The fourth-order valence-corrected chi connectivity index (χ4v) is 3.95. The number of nitrogens with two attached hydrogens (primary N) is 1. The lowest BCUT2D eigenvalue weighted by Gasteiger charge is -2.39. The van der Waals surface area contributed by atoms with Crippen molar-refractivity contribution in [3.05, 3.63) is 29.6 Å². The summed E-state index contributed by atoms with van der Waals surface area (Å²) in [6.45, 7) is 1.38. The smallest absolute Gasteiger partial charge is 0.475 e. The Hall–Kier alpha value is -2.82. The van der Waals surface area contributed by atoms with Gasteiger partial charge in [-0.2, -0.15) is 39.5 Å². The van der Waals surface area contributed by atoms with Gasteiger partial charge in [-0.3, -0.25) is 0 Å². The molecule has 1 aromatic carbocycles. The monoisotopic (exact) mass is 587 g/mol. The van der Waals surface area contributed by atoms with E-state index in [0.717, 1.165) is 44.4 Å². The van der Waals surface area contributed by atoms with Gasteiger partial charge in [-0.15, -0.1) is 0 Å². The maximum absolute atomic E-state index is 13.8. The molecule has 1 aliphatic carbocycles. The molecule has 17 heteroatoms. The Balaban J connectivity index is 0.000000449. The molecule has 2 fully saturated rings. The molecule has 1 aliphatic heterocycles. The average molecular weight is 587 g/mol. The molecule has 0 spiro atoms. The molecule has 1 unspecified atom stereocenters. The van der Waals surface area contributed by atoms with Crippen LogP contribution in [-0.2, 0) is 15.8 Å².